The summed E-state index contributed by atoms with van der Waals surface area (Å²) in [5.41, 5.74) is 3.74. The molecule has 2 atom stereocenters. The summed E-state index contributed by atoms with van der Waals surface area (Å²) in [7, 11) is 0. The predicted octanol–water partition coefficient (Wildman–Crippen LogP) is 1.87. The summed E-state index contributed by atoms with van der Waals surface area (Å²) in [6, 6.07) is 0. The molecule has 0 heterocycles. The van der Waals surface area contributed by atoms with E-state index >= 15 is 0 Å². The first-order valence-electron chi connectivity index (χ1n) is 6.99. The molecule has 4 saturated carbocycles. The van der Waals surface area contributed by atoms with E-state index in [9.17, 15) is 5.21 Å². The molecule has 4 N–H and O–H groups in total. The van der Waals surface area contributed by atoms with E-state index in [1.807, 2.05) is 0 Å². The van der Waals surface area contributed by atoms with Gasteiger partial charge in [0.05, 0.1) is 0 Å². The van der Waals surface area contributed by atoms with Gasteiger partial charge < -0.3 is 15.4 Å². The van der Waals surface area contributed by atoms with E-state index in [-0.39, 0.29) is 5.54 Å². The Labute approximate surface area is 118 Å². The van der Waals surface area contributed by atoms with Crippen molar-refractivity contribution in [1.82, 2.24) is 5.48 Å². The average Bonchev–Trinajstić information content (AvgIpc) is 2.24. The molecular weight excluding hydrogens is 262 g/mol. The maximum atomic E-state index is 9.41. The van der Waals surface area contributed by atoms with Gasteiger partial charge in [0.25, 0.3) is 0 Å². The molecule has 4 aliphatic carbocycles. The van der Waals surface area contributed by atoms with E-state index < -0.39 is 11.9 Å². The molecule has 4 fully saturated rings. The SMILES string of the molecule is CC12CC3CC(C)(C1)CC(NO)(C3)C2.O=C(O)C(=O)O. The number of hydroxylamine groups is 1. The van der Waals surface area contributed by atoms with Crippen LogP contribution in [0.3, 0.4) is 0 Å². The van der Waals surface area contributed by atoms with Gasteiger partial charge in [-0.05, 0) is 55.3 Å². The fourth-order valence-electron chi connectivity index (χ4n) is 5.57. The Morgan fingerprint density at radius 3 is 1.70 bits per heavy atom. The first kappa shape index (κ1) is 15.3. The van der Waals surface area contributed by atoms with E-state index in [0.717, 1.165) is 5.92 Å². The van der Waals surface area contributed by atoms with Crippen LogP contribution in [-0.2, 0) is 9.59 Å². The van der Waals surface area contributed by atoms with Crippen LogP contribution in [0.5, 0.6) is 0 Å². The summed E-state index contributed by atoms with van der Waals surface area (Å²) in [6.07, 6.45) is 7.73. The molecule has 0 aliphatic heterocycles. The van der Waals surface area contributed by atoms with Crippen molar-refractivity contribution in [1.29, 1.82) is 0 Å². The fourth-order valence-corrected chi connectivity index (χ4v) is 5.57. The first-order valence-corrected chi connectivity index (χ1v) is 6.99. The van der Waals surface area contributed by atoms with Gasteiger partial charge in [0, 0.05) is 5.54 Å². The number of carbonyl (C=O) groups is 2. The molecule has 0 radical (unpaired) electrons. The van der Waals surface area contributed by atoms with Crippen molar-refractivity contribution in [3.63, 3.8) is 0 Å². The van der Waals surface area contributed by atoms with Crippen LogP contribution in [0.4, 0.5) is 0 Å². The van der Waals surface area contributed by atoms with Crippen LogP contribution in [0.1, 0.15) is 52.4 Å². The van der Waals surface area contributed by atoms with Crippen LogP contribution in [0.15, 0.2) is 0 Å². The van der Waals surface area contributed by atoms with Crippen LogP contribution in [0.2, 0.25) is 0 Å². The summed E-state index contributed by atoms with van der Waals surface area (Å²) < 4.78 is 0. The number of rotatable bonds is 1. The van der Waals surface area contributed by atoms with Crippen molar-refractivity contribution in [2.75, 3.05) is 0 Å². The van der Waals surface area contributed by atoms with Crippen molar-refractivity contribution in [2.24, 2.45) is 16.7 Å². The smallest absolute Gasteiger partial charge is 0.414 e. The van der Waals surface area contributed by atoms with Crippen molar-refractivity contribution in [3.05, 3.63) is 0 Å². The molecule has 20 heavy (non-hydrogen) atoms. The predicted molar refractivity (Wildman–Crippen MR) is 70.3 cm³/mol. The maximum absolute atomic E-state index is 9.41. The van der Waals surface area contributed by atoms with E-state index in [0.29, 0.717) is 10.8 Å². The third kappa shape index (κ3) is 2.81. The van der Waals surface area contributed by atoms with Crippen molar-refractivity contribution in [2.45, 2.75) is 57.9 Å². The van der Waals surface area contributed by atoms with Gasteiger partial charge in [-0.2, -0.15) is 5.48 Å². The molecule has 0 spiro atoms. The van der Waals surface area contributed by atoms with E-state index in [2.05, 4.69) is 19.3 Å². The third-order valence-electron chi connectivity index (χ3n) is 5.05. The van der Waals surface area contributed by atoms with Crippen LogP contribution < -0.4 is 5.48 Å². The van der Waals surface area contributed by atoms with E-state index in [1.165, 1.54) is 38.5 Å². The van der Waals surface area contributed by atoms with Gasteiger partial charge in [-0.3, -0.25) is 0 Å². The molecular formula is C14H23NO5. The molecule has 4 aliphatic rings. The Morgan fingerprint density at radius 1 is 0.950 bits per heavy atom. The second kappa shape index (κ2) is 4.70. The highest BCUT2D eigenvalue weighted by Crippen LogP contribution is 2.66. The minimum atomic E-state index is -1.82. The summed E-state index contributed by atoms with van der Waals surface area (Å²) in [5, 5.41) is 24.2. The summed E-state index contributed by atoms with van der Waals surface area (Å²) in [5.74, 6) is -2.79. The number of carboxylic acid groups (broad SMARTS) is 2. The minimum Gasteiger partial charge on any atom is -0.473 e. The quantitative estimate of drug-likeness (QED) is 0.433. The number of aliphatic carboxylic acids is 2. The fraction of sp³-hybridized carbons (Fsp3) is 0.857. The summed E-state index contributed by atoms with van der Waals surface area (Å²) in [4.78, 5) is 18.2. The van der Waals surface area contributed by atoms with Crippen LogP contribution in [-0.4, -0.2) is 32.9 Å². The molecule has 2 unspecified atom stereocenters. The lowest BCUT2D eigenvalue weighted by Crippen LogP contribution is -2.63. The van der Waals surface area contributed by atoms with Crippen molar-refractivity contribution < 1.29 is 25.0 Å². The molecule has 4 rings (SSSR count). The number of nitrogens with one attached hydrogen (secondary N) is 1. The van der Waals surface area contributed by atoms with E-state index in [4.69, 9.17) is 19.8 Å². The largest absolute Gasteiger partial charge is 0.473 e. The first-order chi connectivity index (χ1) is 9.11. The lowest BCUT2D eigenvalue weighted by Gasteiger charge is -2.64. The van der Waals surface area contributed by atoms with Gasteiger partial charge >= 0.3 is 11.9 Å². The Hall–Kier alpha value is -1.14. The summed E-state index contributed by atoms with van der Waals surface area (Å²) >= 11 is 0. The second-order valence-electron chi connectivity index (χ2n) is 7.63. The standard InChI is InChI=1S/C12H21NO.C2H2O4/c1-10-3-9-4-11(2,6-10)8-12(5-9,7-10)13-14;3-1(4)2(5)6/h9,13-14H,3-8H2,1-2H3;(H,3,4)(H,5,6). The Balaban J connectivity index is 0.000000212. The molecule has 0 aromatic carbocycles. The lowest BCUT2D eigenvalue weighted by molar-refractivity contribution is -0.159. The van der Waals surface area contributed by atoms with Crippen LogP contribution >= 0.6 is 0 Å². The Morgan fingerprint density at radius 2 is 1.40 bits per heavy atom. The van der Waals surface area contributed by atoms with Gasteiger partial charge in [0.1, 0.15) is 0 Å². The Bertz CT molecular complexity index is 405. The zero-order chi connectivity index (χ0) is 15.2. The molecule has 0 aromatic heterocycles. The summed E-state index contributed by atoms with van der Waals surface area (Å²) in [6.45, 7) is 4.84. The normalized spacial score (nSPS) is 44.6. The Kier molecular flexibility index (Phi) is 3.59. The lowest BCUT2D eigenvalue weighted by atomic mass is 9.43. The third-order valence-corrected chi connectivity index (χ3v) is 5.05. The van der Waals surface area contributed by atoms with Gasteiger partial charge in [-0.15, -0.1) is 0 Å². The highest BCUT2D eigenvalue weighted by molar-refractivity contribution is 6.27. The molecule has 0 saturated heterocycles. The second-order valence-corrected chi connectivity index (χ2v) is 7.63. The number of hydrogen-bond acceptors (Lipinski definition) is 4. The van der Waals surface area contributed by atoms with Crippen molar-refractivity contribution in [3.8, 4) is 0 Å². The molecule has 0 aromatic rings. The zero-order valence-electron chi connectivity index (χ0n) is 12.0. The molecule has 114 valence electrons. The highest BCUT2D eigenvalue weighted by Gasteiger charge is 2.60. The zero-order valence-corrected chi connectivity index (χ0v) is 12.0. The monoisotopic (exact) mass is 285 g/mol. The van der Waals surface area contributed by atoms with Gasteiger partial charge in [-0.25, -0.2) is 9.59 Å². The number of hydrogen-bond donors (Lipinski definition) is 4. The van der Waals surface area contributed by atoms with E-state index in [1.54, 1.807) is 0 Å². The average molecular weight is 285 g/mol. The minimum absolute atomic E-state index is 0.0723. The van der Waals surface area contributed by atoms with Gasteiger partial charge in [0.2, 0.25) is 0 Å². The molecule has 6 heteroatoms. The molecule has 6 nitrogen and oxygen atoms in total. The number of carboxylic acids is 2. The maximum Gasteiger partial charge on any atom is 0.414 e. The van der Waals surface area contributed by atoms with Crippen LogP contribution in [0.25, 0.3) is 0 Å². The molecule has 0 amide bonds. The van der Waals surface area contributed by atoms with Crippen LogP contribution in [0, 0.1) is 16.7 Å². The van der Waals surface area contributed by atoms with Gasteiger partial charge in [-0.1, -0.05) is 13.8 Å². The topological polar surface area (TPSA) is 107 Å². The molecule has 4 bridgehead atoms. The van der Waals surface area contributed by atoms with Crippen molar-refractivity contribution >= 4 is 11.9 Å². The highest BCUT2D eigenvalue weighted by atomic mass is 16.5. The van der Waals surface area contributed by atoms with Gasteiger partial charge in [0.15, 0.2) is 0 Å².